The van der Waals surface area contributed by atoms with Crippen LogP contribution in [0, 0.1) is 6.92 Å². The number of hydrogen-bond donors (Lipinski definition) is 1. The molecule has 2 amide bonds. The second kappa shape index (κ2) is 7.01. The minimum atomic E-state index is -0.364. The van der Waals surface area contributed by atoms with Crippen molar-refractivity contribution in [3.8, 4) is 0 Å². The number of likely N-dealkylation sites (tertiary alicyclic amines) is 1. The number of rotatable bonds is 3. The minimum Gasteiger partial charge on any atom is -0.339 e. The molecule has 2 heterocycles. The molecule has 0 radical (unpaired) electrons. The van der Waals surface area contributed by atoms with Crippen LogP contribution in [0.1, 0.15) is 39.3 Å². The molecule has 5 nitrogen and oxygen atoms in total. The maximum absolute atomic E-state index is 12.4. The monoisotopic (exact) mass is 343 g/mol. The molecule has 1 aromatic carbocycles. The zero-order chi connectivity index (χ0) is 17.1. The fourth-order valence-electron chi connectivity index (χ4n) is 2.72. The van der Waals surface area contributed by atoms with Gasteiger partial charge in [0.15, 0.2) is 0 Å². The van der Waals surface area contributed by atoms with Crippen molar-refractivity contribution in [2.45, 2.75) is 19.8 Å². The summed E-state index contributed by atoms with van der Waals surface area (Å²) in [5.41, 5.74) is 2.11. The van der Waals surface area contributed by atoms with Gasteiger partial charge in [0.25, 0.3) is 11.8 Å². The van der Waals surface area contributed by atoms with E-state index in [-0.39, 0.29) is 17.5 Å². The van der Waals surface area contributed by atoms with Crippen molar-refractivity contribution in [3.05, 3.63) is 58.4 Å². The molecule has 0 unspecified atom stereocenters. The molecule has 0 atom stereocenters. The number of anilines is 1. The van der Waals surface area contributed by atoms with E-state index >= 15 is 0 Å². The maximum Gasteiger partial charge on any atom is 0.274 e. The number of amides is 2. The van der Waals surface area contributed by atoms with Gasteiger partial charge in [-0.15, -0.1) is 0 Å². The predicted octanol–water partition coefficient (Wildman–Crippen LogP) is 3.53. The first-order valence-corrected chi connectivity index (χ1v) is 8.26. The number of benzene rings is 1. The summed E-state index contributed by atoms with van der Waals surface area (Å²) < 4.78 is 0. The molecule has 24 heavy (non-hydrogen) atoms. The number of nitrogens with one attached hydrogen (secondary N) is 1. The first-order chi connectivity index (χ1) is 11.6. The average Bonchev–Trinajstić information content (AvgIpc) is 3.13. The Hall–Kier alpha value is -2.40. The van der Waals surface area contributed by atoms with Gasteiger partial charge in [-0.1, -0.05) is 17.7 Å². The van der Waals surface area contributed by atoms with Crippen LogP contribution < -0.4 is 5.32 Å². The molecule has 1 aliphatic rings. The van der Waals surface area contributed by atoms with E-state index in [2.05, 4.69) is 10.3 Å². The van der Waals surface area contributed by atoms with Gasteiger partial charge in [-0.2, -0.15) is 0 Å². The summed E-state index contributed by atoms with van der Waals surface area (Å²) in [5.74, 6) is -0.417. The van der Waals surface area contributed by atoms with E-state index in [0.717, 1.165) is 31.5 Å². The van der Waals surface area contributed by atoms with E-state index in [1.807, 2.05) is 6.92 Å². The minimum absolute atomic E-state index is 0.0529. The Morgan fingerprint density at radius 3 is 2.71 bits per heavy atom. The van der Waals surface area contributed by atoms with Gasteiger partial charge < -0.3 is 10.2 Å². The Labute approximate surface area is 145 Å². The predicted molar refractivity (Wildman–Crippen MR) is 93.5 cm³/mol. The van der Waals surface area contributed by atoms with Crippen LogP contribution in [-0.4, -0.2) is 34.8 Å². The molecule has 0 spiro atoms. The summed E-state index contributed by atoms with van der Waals surface area (Å²) >= 11 is 6.07. The largest absolute Gasteiger partial charge is 0.339 e. The summed E-state index contributed by atoms with van der Waals surface area (Å²) in [5, 5.41) is 3.37. The van der Waals surface area contributed by atoms with Crippen LogP contribution in [0.5, 0.6) is 0 Å². The quantitative estimate of drug-likeness (QED) is 0.927. The molecule has 124 valence electrons. The number of aromatic nitrogens is 1. The van der Waals surface area contributed by atoms with Crippen LogP contribution in [0.4, 0.5) is 5.69 Å². The maximum atomic E-state index is 12.4. The lowest BCUT2D eigenvalue weighted by molar-refractivity contribution is 0.0792. The number of pyridine rings is 1. The highest BCUT2D eigenvalue weighted by atomic mass is 35.5. The topological polar surface area (TPSA) is 62.3 Å². The zero-order valence-electron chi connectivity index (χ0n) is 13.4. The van der Waals surface area contributed by atoms with Gasteiger partial charge in [-0.3, -0.25) is 14.6 Å². The van der Waals surface area contributed by atoms with Gasteiger partial charge in [0, 0.05) is 35.6 Å². The molecule has 0 saturated carbocycles. The van der Waals surface area contributed by atoms with Gasteiger partial charge in [0.2, 0.25) is 0 Å². The molecule has 1 aromatic heterocycles. The lowest BCUT2D eigenvalue weighted by Crippen LogP contribution is -2.28. The van der Waals surface area contributed by atoms with Crippen molar-refractivity contribution in [1.82, 2.24) is 9.88 Å². The summed E-state index contributed by atoms with van der Waals surface area (Å²) in [6.07, 6.45) is 3.54. The molecule has 2 aromatic rings. The van der Waals surface area contributed by atoms with Crippen molar-refractivity contribution >= 4 is 29.1 Å². The standard InChI is InChI=1S/C18H18ClN3O2/c1-12-14(19)5-4-6-15(12)21-17(23)16-11-13(7-8-20-16)18(24)22-9-2-3-10-22/h4-8,11H,2-3,9-10H2,1H3,(H,21,23). The summed E-state index contributed by atoms with van der Waals surface area (Å²) in [7, 11) is 0. The van der Waals surface area contributed by atoms with Gasteiger partial charge >= 0.3 is 0 Å². The van der Waals surface area contributed by atoms with Crippen molar-refractivity contribution in [2.24, 2.45) is 0 Å². The molecule has 1 fully saturated rings. The van der Waals surface area contributed by atoms with Crippen LogP contribution in [0.25, 0.3) is 0 Å². The third-order valence-electron chi connectivity index (χ3n) is 4.15. The number of hydrogen-bond acceptors (Lipinski definition) is 3. The van der Waals surface area contributed by atoms with E-state index in [1.165, 1.54) is 12.3 Å². The van der Waals surface area contributed by atoms with E-state index in [9.17, 15) is 9.59 Å². The molecule has 1 saturated heterocycles. The number of nitrogens with zero attached hydrogens (tertiary/aromatic N) is 2. The molecule has 1 N–H and O–H groups in total. The lowest BCUT2D eigenvalue weighted by atomic mass is 10.1. The average molecular weight is 344 g/mol. The Morgan fingerprint density at radius 1 is 1.21 bits per heavy atom. The van der Waals surface area contributed by atoms with Crippen LogP contribution in [0.3, 0.4) is 0 Å². The third kappa shape index (κ3) is 3.41. The van der Waals surface area contributed by atoms with Crippen LogP contribution in [0.2, 0.25) is 5.02 Å². The third-order valence-corrected chi connectivity index (χ3v) is 4.56. The summed E-state index contributed by atoms with van der Waals surface area (Å²) in [4.78, 5) is 30.7. The number of carbonyl (C=O) groups is 2. The van der Waals surface area contributed by atoms with Crippen LogP contribution in [0.15, 0.2) is 36.5 Å². The number of carbonyl (C=O) groups excluding carboxylic acids is 2. The van der Waals surface area contributed by atoms with E-state index < -0.39 is 0 Å². The molecular formula is C18H18ClN3O2. The molecule has 3 rings (SSSR count). The molecule has 6 heteroatoms. The van der Waals surface area contributed by atoms with Gasteiger partial charge in [-0.05, 0) is 49.6 Å². The highest BCUT2D eigenvalue weighted by molar-refractivity contribution is 6.31. The van der Waals surface area contributed by atoms with Crippen molar-refractivity contribution in [2.75, 3.05) is 18.4 Å². The first kappa shape index (κ1) is 16.5. The first-order valence-electron chi connectivity index (χ1n) is 7.88. The van der Waals surface area contributed by atoms with Gasteiger partial charge in [0.1, 0.15) is 5.69 Å². The number of halogens is 1. The SMILES string of the molecule is Cc1c(Cl)cccc1NC(=O)c1cc(C(=O)N2CCCC2)ccn1. The van der Waals surface area contributed by atoms with Crippen molar-refractivity contribution in [3.63, 3.8) is 0 Å². The molecule has 0 aliphatic carbocycles. The van der Waals surface area contributed by atoms with Crippen molar-refractivity contribution < 1.29 is 9.59 Å². The Bertz CT molecular complexity index is 786. The van der Waals surface area contributed by atoms with Crippen LogP contribution >= 0.6 is 11.6 Å². The second-order valence-corrected chi connectivity index (χ2v) is 6.20. The highest BCUT2D eigenvalue weighted by Crippen LogP contribution is 2.23. The zero-order valence-corrected chi connectivity index (χ0v) is 14.1. The lowest BCUT2D eigenvalue weighted by Gasteiger charge is -2.15. The van der Waals surface area contributed by atoms with Crippen LogP contribution in [-0.2, 0) is 0 Å². The van der Waals surface area contributed by atoms with Crippen molar-refractivity contribution in [1.29, 1.82) is 0 Å². The molecule has 0 bridgehead atoms. The molecular weight excluding hydrogens is 326 g/mol. The fourth-order valence-corrected chi connectivity index (χ4v) is 2.89. The van der Waals surface area contributed by atoms with Gasteiger partial charge in [0.05, 0.1) is 0 Å². The smallest absolute Gasteiger partial charge is 0.274 e. The summed E-state index contributed by atoms with van der Waals surface area (Å²) in [6.45, 7) is 3.37. The summed E-state index contributed by atoms with van der Waals surface area (Å²) in [6, 6.07) is 8.49. The highest BCUT2D eigenvalue weighted by Gasteiger charge is 2.21. The normalized spacial score (nSPS) is 13.8. The van der Waals surface area contributed by atoms with Gasteiger partial charge in [-0.25, -0.2) is 0 Å². The fraction of sp³-hybridized carbons (Fsp3) is 0.278. The van der Waals surface area contributed by atoms with E-state index in [1.54, 1.807) is 29.2 Å². The Balaban J connectivity index is 1.79. The Kier molecular flexibility index (Phi) is 4.81. The second-order valence-electron chi connectivity index (χ2n) is 5.80. The Morgan fingerprint density at radius 2 is 1.96 bits per heavy atom. The molecule has 1 aliphatic heterocycles. The van der Waals surface area contributed by atoms with E-state index in [4.69, 9.17) is 11.6 Å². The van der Waals surface area contributed by atoms with E-state index in [0.29, 0.717) is 16.3 Å².